The fourth-order valence-corrected chi connectivity index (χ4v) is 1.24. The molecule has 0 spiro atoms. The average molecular weight is 239 g/mol. The van der Waals surface area contributed by atoms with E-state index in [2.05, 4.69) is 5.32 Å². The first-order valence-corrected chi connectivity index (χ1v) is 4.80. The van der Waals surface area contributed by atoms with Gasteiger partial charge in [0.2, 0.25) is 0 Å². The normalized spacial score (nSPS) is 9.53. The molecule has 2 N–H and O–H groups in total. The van der Waals surface area contributed by atoms with Gasteiger partial charge in [-0.15, -0.1) is 0 Å². The Kier molecular flexibility index (Phi) is 4.33. The van der Waals surface area contributed by atoms with E-state index in [0.717, 1.165) is 0 Å². The largest absolute Gasteiger partial charge is 0.493 e. The first-order chi connectivity index (χ1) is 8.08. The summed E-state index contributed by atoms with van der Waals surface area (Å²) in [6.45, 7) is -0.423. The van der Waals surface area contributed by atoms with Crippen LogP contribution in [-0.2, 0) is 4.79 Å². The maximum Gasteiger partial charge on any atom is 0.322 e. The number of amides is 1. The highest BCUT2D eigenvalue weighted by molar-refractivity contribution is 5.96. The molecule has 0 aliphatic carbocycles. The Balaban J connectivity index is 2.84. The van der Waals surface area contributed by atoms with E-state index in [1.54, 1.807) is 6.07 Å². The zero-order chi connectivity index (χ0) is 12.8. The van der Waals surface area contributed by atoms with Crippen LogP contribution >= 0.6 is 0 Å². The van der Waals surface area contributed by atoms with E-state index in [4.69, 9.17) is 14.6 Å². The summed E-state index contributed by atoms with van der Waals surface area (Å²) in [5, 5.41) is 10.7. The first-order valence-electron chi connectivity index (χ1n) is 4.80. The minimum absolute atomic E-state index is 0.309. The molecule has 0 aliphatic rings. The molecule has 0 saturated carbocycles. The van der Waals surface area contributed by atoms with Crippen LogP contribution in [0.15, 0.2) is 18.2 Å². The third-order valence-corrected chi connectivity index (χ3v) is 2.05. The fourth-order valence-electron chi connectivity index (χ4n) is 1.24. The Hall–Kier alpha value is -2.24. The topological polar surface area (TPSA) is 84.9 Å². The lowest BCUT2D eigenvalue weighted by molar-refractivity contribution is -0.135. The minimum atomic E-state index is -1.10. The molecule has 0 aliphatic heterocycles. The van der Waals surface area contributed by atoms with Gasteiger partial charge < -0.3 is 19.9 Å². The van der Waals surface area contributed by atoms with Crippen LogP contribution in [0, 0.1) is 0 Å². The van der Waals surface area contributed by atoms with Crippen LogP contribution in [0.1, 0.15) is 10.4 Å². The third kappa shape index (κ3) is 3.37. The Labute approximate surface area is 98.2 Å². The van der Waals surface area contributed by atoms with E-state index < -0.39 is 18.4 Å². The van der Waals surface area contributed by atoms with Gasteiger partial charge in [0.25, 0.3) is 5.91 Å². The lowest BCUT2D eigenvalue weighted by Gasteiger charge is -2.09. The number of carboxylic acid groups (broad SMARTS) is 1. The number of benzene rings is 1. The SMILES string of the molecule is COc1ccc(C(=O)NCC(=O)O)cc1OC. The van der Waals surface area contributed by atoms with Crippen molar-refractivity contribution in [1.29, 1.82) is 0 Å². The van der Waals surface area contributed by atoms with Crippen molar-refractivity contribution in [2.75, 3.05) is 20.8 Å². The molecule has 6 heteroatoms. The summed E-state index contributed by atoms with van der Waals surface area (Å²) in [7, 11) is 2.94. The molecule has 1 aromatic rings. The molecule has 6 nitrogen and oxygen atoms in total. The maximum atomic E-state index is 11.5. The summed E-state index contributed by atoms with van der Waals surface area (Å²) in [5.41, 5.74) is 0.309. The van der Waals surface area contributed by atoms with Crippen molar-refractivity contribution in [2.24, 2.45) is 0 Å². The summed E-state index contributed by atoms with van der Waals surface area (Å²) < 4.78 is 10.0. The molecule has 0 radical (unpaired) electrons. The number of aliphatic carboxylic acids is 1. The van der Waals surface area contributed by atoms with Crippen molar-refractivity contribution < 1.29 is 24.2 Å². The van der Waals surface area contributed by atoms with Crippen LogP contribution < -0.4 is 14.8 Å². The smallest absolute Gasteiger partial charge is 0.322 e. The van der Waals surface area contributed by atoms with Gasteiger partial charge in [-0.05, 0) is 18.2 Å². The zero-order valence-corrected chi connectivity index (χ0v) is 9.52. The molecule has 0 unspecified atom stereocenters. The van der Waals surface area contributed by atoms with Gasteiger partial charge in [-0.2, -0.15) is 0 Å². The third-order valence-electron chi connectivity index (χ3n) is 2.05. The molecular weight excluding hydrogens is 226 g/mol. The standard InChI is InChI=1S/C11H13NO5/c1-16-8-4-3-7(5-9(8)17-2)11(15)12-6-10(13)14/h3-5H,6H2,1-2H3,(H,12,15)(H,13,14). The maximum absolute atomic E-state index is 11.5. The van der Waals surface area contributed by atoms with Crippen LogP contribution in [-0.4, -0.2) is 37.7 Å². The second-order valence-electron chi connectivity index (χ2n) is 3.15. The number of rotatable bonds is 5. The minimum Gasteiger partial charge on any atom is -0.493 e. The van der Waals surface area contributed by atoms with E-state index >= 15 is 0 Å². The van der Waals surface area contributed by atoms with Gasteiger partial charge in [0.1, 0.15) is 6.54 Å². The predicted octanol–water partition coefficient (Wildman–Crippen LogP) is 0.518. The Morgan fingerprint density at radius 2 is 1.88 bits per heavy atom. The monoisotopic (exact) mass is 239 g/mol. The number of carboxylic acids is 1. The van der Waals surface area contributed by atoms with Crippen LogP contribution in [0.3, 0.4) is 0 Å². The Morgan fingerprint density at radius 3 is 2.41 bits per heavy atom. The summed E-state index contributed by atoms with van der Waals surface area (Å²) >= 11 is 0. The van der Waals surface area contributed by atoms with E-state index in [-0.39, 0.29) is 0 Å². The van der Waals surface area contributed by atoms with E-state index in [0.29, 0.717) is 17.1 Å². The summed E-state index contributed by atoms with van der Waals surface area (Å²) in [4.78, 5) is 21.8. The highest BCUT2D eigenvalue weighted by Crippen LogP contribution is 2.27. The second kappa shape index (κ2) is 5.74. The first kappa shape index (κ1) is 12.8. The van der Waals surface area contributed by atoms with Crippen molar-refractivity contribution in [3.63, 3.8) is 0 Å². The number of hydrogen-bond acceptors (Lipinski definition) is 4. The zero-order valence-electron chi connectivity index (χ0n) is 9.52. The number of nitrogens with one attached hydrogen (secondary N) is 1. The van der Waals surface area contributed by atoms with Gasteiger partial charge in [0.15, 0.2) is 11.5 Å². The molecule has 0 bridgehead atoms. The Morgan fingerprint density at radius 1 is 1.24 bits per heavy atom. The summed E-state index contributed by atoms with van der Waals surface area (Å²) in [6, 6.07) is 4.59. The summed E-state index contributed by atoms with van der Waals surface area (Å²) in [5.74, 6) is -0.662. The van der Waals surface area contributed by atoms with Crippen molar-refractivity contribution in [2.45, 2.75) is 0 Å². The number of methoxy groups -OCH3 is 2. The van der Waals surface area contributed by atoms with Gasteiger partial charge in [0, 0.05) is 5.56 Å². The number of ether oxygens (including phenoxy) is 2. The van der Waals surface area contributed by atoms with Gasteiger partial charge in [0.05, 0.1) is 14.2 Å². The molecule has 0 atom stereocenters. The van der Waals surface area contributed by atoms with Gasteiger partial charge in [-0.1, -0.05) is 0 Å². The fraction of sp³-hybridized carbons (Fsp3) is 0.273. The van der Waals surface area contributed by atoms with Crippen LogP contribution in [0.25, 0.3) is 0 Å². The van der Waals surface area contributed by atoms with E-state index in [1.807, 2.05) is 0 Å². The van der Waals surface area contributed by atoms with Gasteiger partial charge in [-0.3, -0.25) is 9.59 Å². The van der Waals surface area contributed by atoms with Crippen molar-refractivity contribution in [3.8, 4) is 11.5 Å². The predicted molar refractivity (Wildman–Crippen MR) is 59.5 cm³/mol. The number of hydrogen-bond donors (Lipinski definition) is 2. The molecule has 0 aromatic heterocycles. The molecule has 1 amide bonds. The Bertz CT molecular complexity index is 430. The molecule has 0 saturated heterocycles. The van der Waals surface area contributed by atoms with Crippen molar-refractivity contribution in [1.82, 2.24) is 5.32 Å². The lowest BCUT2D eigenvalue weighted by Crippen LogP contribution is -2.29. The number of carbonyl (C=O) groups excluding carboxylic acids is 1. The quantitative estimate of drug-likeness (QED) is 0.782. The molecule has 92 valence electrons. The lowest BCUT2D eigenvalue weighted by atomic mass is 10.2. The molecule has 1 aromatic carbocycles. The van der Waals surface area contributed by atoms with E-state index in [9.17, 15) is 9.59 Å². The molecule has 0 fully saturated rings. The average Bonchev–Trinajstić information content (AvgIpc) is 2.34. The molecule has 1 rings (SSSR count). The highest BCUT2D eigenvalue weighted by Gasteiger charge is 2.11. The molecular formula is C11H13NO5. The van der Waals surface area contributed by atoms with Gasteiger partial charge >= 0.3 is 5.97 Å². The van der Waals surface area contributed by atoms with Crippen LogP contribution in [0.5, 0.6) is 11.5 Å². The van der Waals surface area contributed by atoms with Gasteiger partial charge in [-0.25, -0.2) is 0 Å². The summed E-state index contributed by atoms with van der Waals surface area (Å²) in [6.07, 6.45) is 0. The van der Waals surface area contributed by atoms with Crippen molar-refractivity contribution in [3.05, 3.63) is 23.8 Å². The number of carbonyl (C=O) groups is 2. The van der Waals surface area contributed by atoms with Crippen LogP contribution in [0.2, 0.25) is 0 Å². The van der Waals surface area contributed by atoms with E-state index in [1.165, 1.54) is 26.4 Å². The van der Waals surface area contributed by atoms with Crippen molar-refractivity contribution >= 4 is 11.9 Å². The highest BCUT2D eigenvalue weighted by atomic mass is 16.5. The molecule has 17 heavy (non-hydrogen) atoms. The van der Waals surface area contributed by atoms with Crippen LogP contribution in [0.4, 0.5) is 0 Å². The second-order valence-corrected chi connectivity index (χ2v) is 3.15. The molecule has 0 heterocycles.